The van der Waals surface area contributed by atoms with E-state index < -0.39 is 0 Å². The molecule has 2 N–H and O–H groups in total. The van der Waals surface area contributed by atoms with Gasteiger partial charge in [-0.25, -0.2) is 0 Å². The highest BCUT2D eigenvalue weighted by molar-refractivity contribution is 4.95. The van der Waals surface area contributed by atoms with Crippen LogP contribution in [0.2, 0.25) is 0 Å². The Bertz CT molecular complexity index is 94.7. The highest BCUT2D eigenvalue weighted by atomic mass is 14.9. The summed E-state index contributed by atoms with van der Waals surface area (Å²) in [7, 11) is 1.96. The molecule has 11 heavy (non-hydrogen) atoms. The van der Waals surface area contributed by atoms with Crippen molar-refractivity contribution in [2.75, 3.05) is 20.1 Å². The van der Waals surface area contributed by atoms with Gasteiger partial charge in [0.25, 0.3) is 0 Å². The summed E-state index contributed by atoms with van der Waals surface area (Å²) in [5.74, 6) is 0. The molecule has 0 radical (unpaired) electrons. The number of rotatable bonds is 2. The summed E-state index contributed by atoms with van der Waals surface area (Å²) < 4.78 is 0. The Morgan fingerprint density at radius 1 is 1.73 bits per heavy atom. The fourth-order valence-electron chi connectivity index (χ4n) is 0.905. The first-order chi connectivity index (χ1) is 5.31. The van der Waals surface area contributed by atoms with Crippen LogP contribution in [-0.4, -0.2) is 20.1 Å². The Labute approximate surface area is 71.6 Å². The molecule has 0 spiro atoms. The van der Waals surface area contributed by atoms with E-state index in [0.29, 0.717) is 0 Å². The van der Waals surface area contributed by atoms with Crippen molar-refractivity contribution < 1.29 is 1.43 Å². The van der Waals surface area contributed by atoms with Crippen LogP contribution < -0.4 is 10.6 Å². The minimum atomic E-state index is 0. The average molecular weight is 158 g/mol. The molecule has 0 bridgehead atoms. The molecule has 0 aliphatic carbocycles. The van der Waals surface area contributed by atoms with Crippen LogP contribution >= 0.6 is 0 Å². The van der Waals surface area contributed by atoms with Crippen molar-refractivity contribution in [2.45, 2.75) is 26.2 Å². The molecule has 1 aliphatic rings. The maximum atomic E-state index is 3.74. The lowest BCUT2D eigenvalue weighted by molar-refractivity contribution is 0.772. The van der Waals surface area contributed by atoms with Crippen molar-refractivity contribution in [3.05, 3.63) is 12.3 Å². The minimum absolute atomic E-state index is 0. The normalized spacial score (nSPS) is 15.3. The van der Waals surface area contributed by atoms with Gasteiger partial charge in [0, 0.05) is 13.7 Å². The molecule has 0 saturated carbocycles. The van der Waals surface area contributed by atoms with Crippen LogP contribution in [0.4, 0.5) is 0 Å². The predicted octanol–water partition coefficient (Wildman–Crippen LogP) is 1.75. The van der Waals surface area contributed by atoms with Crippen LogP contribution in [0.25, 0.3) is 0 Å². The lowest BCUT2D eigenvalue weighted by Gasteiger charge is -1.87. The number of allylic oxidation sites excluding steroid dienone is 1. The van der Waals surface area contributed by atoms with Crippen molar-refractivity contribution in [3.63, 3.8) is 0 Å². The topological polar surface area (TPSA) is 24.1 Å². The molecule has 2 nitrogen and oxygen atoms in total. The van der Waals surface area contributed by atoms with E-state index >= 15 is 0 Å². The molecule has 0 aromatic heterocycles. The number of nitrogens with one attached hydrogen (secondary N) is 2. The molecule has 1 heterocycles. The SMILES string of the molecule is C=C1CCCN1.CCCNC.[HH]. The quantitative estimate of drug-likeness (QED) is 0.639. The molecular formula is C9H22N2. The predicted molar refractivity (Wildman–Crippen MR) is 52.7 cm³/mol. The van der Waals surface area contributed by atoms with E-state index in [2.05, 4.69) is 24.1 Å². The van der Waals surface area contributed by atoms with E-state index in [1.807, 2.05) is 7.05 Å². The Morgan fingerprint density at radius 3 is 2.55 bits per heavy atom. The van der Waals surface area contributed by atoms with Crippen LogP contribution in [0.5, 0.6) is 0 Å². The van der Waals surface area contributed by atoms with Crippen molar-refractivity contribution >= 4 is 0 Å². The van der Waals surface area contributed by atoms with Crippen LogP contribution in [0, 0.1) is 0 Å². The first-order valence-electron chi connectivity index (χ1n) is 4.37. The van der Waals surface area contributed by atoms with Gasteiger partial charge in [-0.3, -0.25) is 0 Å². The summed E-state index contributed by atoms with van der Waals surface area (Å²) in [6.45, 7) is 8.17. The molecule has 1 fully saturated rings. The van der Waals surface area contributed by atoms with Crippen molar-refractivity contribution in [1.29, 1.82) is 0 Å². The summed E-state index contributed by atoms with van der Waals surface area (Å²) in [6.07, 6.45) is 3.69. The third-order valence-corrected chi connectivity index (χ3v) is 1.53. The standard InChI is InChI=1S/C5H9N.C4H11N.H2/c1-5-3-2-4-6-5;1-3-4-5-2;/h6H,1-4H2;5H,3-4H2,1-2H3;1H. The molecule has 1 saturated heterocycles. The van der Waals surface area contributed by atoms with Crippen molar-refractivity contribution in [2.24, 2.45) is 0 Å². The van der Waals surface area contributed by atoms with Crippen molar-refractivity contribution in [1.82, 2.24) is 10.6 Å². The van der Waals surface area contributed by atoms with Gasteiger partial charge in [-0.15, -0.1) is 0 Å². The highest BCUT2D eigenvalue weighted by Gasteiger charge is 1.98. The van der Waals surface area contributed by atoms with Gasteiger partial charge in [-0.1, -0.05) is 13.5 Å². The summed E-state index contributed by atoms with van der Waals surface area (Å²) in [4.78, 5) is 0. The van der Waals surface area contributed by atoms with Gasteiger partial charge >= 0.3 is 0 Å². The highest BCUT2D eigenvalue weighted by Crippen LogP contribution is 2.03. The summed E-state index contributed by atoms with van der Waals surface area (Å²) in [5, 5.41) is 6.14. The fourth-order valence-corrected chi connectivity index (χ4v) is 0.905. The monoisotopic (exact) mass is 158 g/mol. The van der Waals surface area contributed by atoms with Crippen LogP contribution in [0.15, 0.2) is 12.3 Å². The van der Waals surface area contributed by atoms with Gasteiger partial charge in [-0.05, 0) is 32.9 Å². The molecule has 0 aromatic rings. The zero-order valence-electron chi connectivity index (χ0n) is 7.74. The van der Waals surface area contributed by atoms with Gasteiger partial charge in [0.05, 0.1) is 0 Å². The second-order valence-corrected chi connectivity index (χ2v) is 2.74. The first-order valence-corrected chi connectivity index (χ1v) is 4.37. The summed E-state index contributed by atoms with van der Waals surface area (Å²) in [5.41, 5.74) is 1.20. The van der Waals surface area contributed by atoms with E-state index in [9.17, 15) is 0 Å². The van der Waals surface area contributed by atoms with E-state index in [-0.39, 0.29) is 1.43 Å². The third-order valence-electron chi connectivity index (χ3n) is 1.53. The number of hydrogen-bond acceptors (Lipinski definition) is 2. The largest absolute Gasteiger partial charge is 0.389 e. The lowest BCUT2D eigenvalue weighted by Crippen LogP contribution is -2.04. The smallest absolute Gasteiger partial charge is 0.0147 e. The maximum Gasteiger partial charge on any atom is 0.0147 e. The molecule has 68 valence electrons. The summed E-state index contributed by atoms with van der Waals surface area (Å²) >= 11 is 0. The summed E-state index contributed by atoms with van der Waals surface area (Å²) in [6, 6.07) is 0. The fraction of sp³-hybridized carbons (Fsp3) is 0.778. The Kier molecular flexibility index (Phi) is 7.26. The number of hydrogen-bond donors (Lipinski definition) is 2. The van der Waals surface area contributed by atoms with Gasteiger partial charge in [0.15, 0.2) is 0 Å². The molecule has 0 unspecified atom stereocenters. The molecule has 0 atom stereocenters. The van der Waals surface area contributed by atoms with E-state index in [1.165, 1.54) is 25.0 Å². The third kappa shape index (κ3) is 7.40. The second kappa shape index (κ2) is 7.61. The van der Waals surface area contributed by atoms with Crippen LogP contribution in [-0.2, 0) is 0 Å². The van der Waals surface area contributed by atoms with Gasteiger partial charge in [-0.2, -0.15) is 0 Å². The first kappa shape index (κ1) is 10.5. The van der Waals surface area contributed by atoms with Crippen LogP contribution in [0.1, 0.15) is 27.6 Å². The molecule has 0 amide bonds. The molecule has 2 heteroatoms. The molecular weight excluding hydrogens is 136 g/mol. The van der Waals surface area contributed by atoms with Crippen LogP contribution in [0.3, 0.4) is 0 Å². The average Bonchev–Trinajstić information content (AvgIpc) is 2.43. The maximum absolute atomic E-state index is 3.74. The second-order valence-electron chi connectivity index (χ2n) is 2.74. The van der Waals surface area contributed by atoms with Crippen molar-refractivity contribution in [3.8, 4) is 0 Å². The Hall–Kier alpha value is -0.500. The molecule has 1 aliphatic heterocycles. The zero-order chi connectivity index (χ0) is 8.53. The zero-order valence-corrected chi connectivity index (χ0v) is 7.74. The Balaban J connectivity index is 0. The lowest BCUT2D eigenvalue weighted by atomic mass is 10.3. The minimum Gasteiger partial charge on any atom is -0.389 e. The Morgan fingerprint density at radius 2 is 2.45 bits per heavy atom. The van der Waals surface area contributed by atoms with E-state index in [4.69, 9.17) is 0 Å². The molecule has 1 rings (SSSR count). The van der Waals surface area contributed by atoms with E-state index in [0.717, 1.165) is 13.1 Å². The van der Waals surface area contributed by atoms with Gasteiger partial charge < -0.3 is 10.6 Å². The van der Waals surface area contributed by atoms with Gasteiger partial charge in [0.1, 0.15) is 0 Å². The van der Waals surface area contributed by atoms with E-state index in [1.54, 1.807) is 0 Å². The molecule has 0 aromatic carbocycles. The van der Waals surface area contributed by atoms with Gasteiger partial charge in [0.2, 0.25) is 0 Å².